The molecule has 0 spiro atoms. The van der Waals surface area contributed by atoms with Crippen molar-refractivity contribution < 1.29 is 17.9 Å². The maximum absolute atomic E-state index is 12.8. The number of halogens is 1. The summed E-state index contributed by atoms with van der Waals surface area (Å²) in [6.45, 7) is 2.32. The average Bonchev–Trinajstić information content (AvgIpc) is 3.15. The average molecular weight is 449 g/mol. The molecule has 9 heteroatoms. The van der Waals surface area contributed by atoms with Crippen LogP contribution in [0.15, 0.2) is 18.2 Å². The van der Waals surface area contributed by atoms with Crippen molar-refractivity contribution in [1.82, 2.24) is 5.32 Å². The van der Waals surface area contributed by atoms with Crippen LogP contribution in [-0.4, -0.2) is 51.3 Å². The van der Waals surface area contributed by atoms with Crippen molar-refractivity contribution >= 4 is 45.0 Å². The van der Waals surface area contributed by atoms with Gasteiger partial charge in [0.1, 0.15) is 11.8 Å². The van der Waals surface area contributed by atoms with E-state index in [2.05, 4.69) is 5.32 Å². The molecule has 28 heavy (non-hydrogen) atoms. The van der Waals surface area contributed by atoms with Gasteiger partial charge in [-0.1, -0.05) is 31.4 Å². The Morgan fingerprint density at radius 2 is 2.07 bits per heavy atom. The zero-order valence-electron chi connectivity index (χ0n) is 16.6. The number of nitrogens with zero attached hydrogens (tertiary/aromatic N) is 1. The Balaban J connectivity index is 2.09. The van der Waals surface area contributed by atoms with Crippen LogP contribution in [0.2, 0.25) is 5.02 Å². The number of methoxy groups -OCH3 is 1. The molecule has 0 aliphatic heterocycles. The van der Waals surface area contributed by atoms with Crippen molar-refractivity contribution in [2.24, 2.45) is 0 Å². The Morgan fingerprint density at radius 1 is 1.39 bits per heavy atom. The summed E-state index contributed by atoms with van der Waals surface area (Å²) >= 11 is 8.05. The van der Waals surface area contributed by atoms with E-state index in [1.807, 2.05) is 11.8 Å². The smallest absolute Gasteiger partial charge is 0.243 e. The number of hydrogen-bond acceptors (Lipinski definition) is 5. The van der Waals surface area contributed by atoms with Gasteiger partial charge < -0.3 is 10.1 Å². The van der Waals surface area contributed by atoms with E-state index in [9.17, 15) is 13.2 Å². The molecule has 1 amide bonds. The summed E-state index contributed by atoms with van der Waals surface area (Å²) in [5, 5.41) is 3.87. The van der Waals surface area contributed by atoms with E-state index in [-0.39, 0.29) is 10.9 Å². The lowest BCUT2D eigenvalue weighted by Crippen LogP contribution is -2.49. The lowest BCUT2D eigenvalue weighted by Gasteiger charge is -2.30. The van der Waals surface area contributed by atoms with Crippen LogP contribution in [-0.2, 0) is 14.8 Å². The number of thioether (sulfide) groups is 1. The van der Waals surface area contributed by atoms with Crippen LogP contribution in [0, 0.1) is 0 Å². The van der Waals surface area contributed by atoms with E-state index in [1.54, 1.807) is 19.1 Å². The van der Waals surface area contributed by atoms with Crippen LogP contribution in [0.1, 0.15) is 39.0 Å². The summed E-state index contributed by atoms with van der Waals surface area (Å²) in [4.78, 5) is 12.8. The summed E-state index contributed by atoms with van der Waals surface area (Å²) < 4.78 is 31.2. The van der Waals surface area contributed by atoms with Gasteiger partial charge in [0, 0.05) is 17.5 Å². The van der Waals surface area contributed by atoms with Gasteiger partial charge in [-0.2, -0.15) is 11.8 Å². The Kier molecular flexibility index (Phi) is 8.77. The highest BCUT2D eigenvalue weighted by Crippen LogP contribution is 2.32. The number of carbonyl (C=O) groups excluding carboxylic acids is 1. The fraction of sp³-hybridized carbons (Fsp3) is 0.632. The number of hydrogen-bond donors (Lipinski definition) is 1. The first-order chi connectivity index (χ1) is 13.3. The molecule has 1 fully saturated rings. The summed E-state index contributed by atoms with van der Waals surface area (Å²) in [7, 11) is -2.20. The summed E-state index contributed by atoms with van der Waals surface area (Å²) in [6.07, 6.45) is 6.51. The Hall–Kier alpha value is -1.12. The molecule has 6 nitrogen and oxygen atoms in total. The molecule has 1 aliphatic rings. The van der Waals surface area contributed by atoms with Gasteiger partial charge in [-0.05, 0) is 37.5 Å². The van der Waals surface area contributed by atoms with Crippen molar-refractivity contribution in [3.8, 4) is 5.75 Å². The predicted octanol–water partition coefficient (Wildman–Crippen LogP) is 3.69. The lowest BCUT2D eigenvalue weighted by atomic mass is 10.2. The molecular formula is C19H29ClN2O4S2. The number of carbonyl (C=O) groups is 1. The van der Waals surface area contributed by atoms with Crippen LogP contribution in [0.5, 0.6) is 5.75 Å². The maximum atomic E-state index is 12.8. The molecule has 1 aromatic rings. The molecule has 0 aromatic heterocycles. The highest BCUT2D eigenvalue weighted by molar-refractivity contribution is 7.99. The van der Waals surface area contributed by atoms with Gasteiger partial charge >= 0.3 is 0 Å². The number of sulfonamides is 1. The second-order valence-corrected chi connectivity index (χ2v) is 10.5. The number of amides is 1. The first-order valence-corrected chi connectivity index (χ1v) is 12.8. The van der Waals surface area contributed by atoms with Crippen LogP contribution < -0.4 is 14.4 Å². The topological polar surface area (TPSA) is 75.7 Å². The largest absolute Gasteiger partial charge is 0.495 e. The molecule has 1 saturated carbocycles. The first-order valence-electron chi connectivity index (χ1n) is 9.50. The second-order valence-electron chi connectivity index (χ2n) is 6.87. The molecule has 0 unspecified atom stereocenters. The number of benzene rings is 1. The van der Waals surface area contributed by atoms with Gasteiger partial charge in [0.25, 0.3) is 0 Å². The molecule has 2 rings (SSSR count). The predicted molar refractivity (Wildman–Crippen MR) is 117 cm³/mol. The van der Waals surface area contributed by atoms with Gasteiger partial charge in [0.05, 0.1) is 24.1 Å². The van der Waals surface area contributed by atoms with Crippen molar-refractivity contribution in [2.45, 2.75) is 50.3 Å². The molecule has 0 bridgehead atoms. The Labute approximate surface area is 177 Å². The van der Waals surface area contributed by atoms with E-state index in [4.69, 9.17) is 16.3 Å². The molecule has 1 aromatic carbocycles. The lowest BCUT2D eigenvalue weighted by molar-refractivity contribution is -0.122. The molecule has 0 saturated heterocycles. The maximum Gasteiger partial charge on any atom is 0.243 e. The van der Waals surface area contributed by atoms with Crippen molar-refractivity contribution in [2.75, 3.05) is 30.0 Å². The fourth-order valence-corrected chi connectivity index (χ4v) is 6.10. The summed E-state index contributed by atoms with van der Waals surface area (Å²) in [6, 6.07) is 3.86. The van der Waals surface area contributed by atoms with Gasteiger partial charge in [-0.15, -0.1) is 0 Å². The SMILES string of the molecule is CC[C@H](C(=O)NCCSC1CCCC1)N(c1ccc(OC)c(Cl)c1)S(C)(=O)=O. The first kappa shape index (κ1) is 23.2. The Morgan fingerprint density at radius 3 is 2.61 bits per heavy atom. The van der Waals surface area contributed by atoms with Crippen molar-refractivity contribution in [3.05, 3.63) is 23.2 Å². The third-order valence-corrected chi connectivity index (χ3v) is 7.63. The highest BCUT2D eigenvalue weighted by Gasteiger charge is 2.31. The third-order valence-electron chi connectivity index (χ3n) is 4.78. The van der Waals surface area contributed by atoms with Gasteiger partial charge in [-0.25, -0.2) is 8.42 Å². The van der Waals surface area contributed by atoms with Crippen molar-refractivity contribution in [1.29, 1.82) is 0 Å². The second kappa shape index (κ2) is 10.6. The van der Waals surface area contributed by atoms with Crippen LogP contribution in [0.25, 0.3) is 0 Å². The third kappa shape index (κ3) is 6.19. The van der Waals surface area contributed by atoms with E-state index >= 15 is 0 Å². The molecule has 1 aliphatic carbocycles. The molecular weight excluding hydrogens is 420 g/mol. The molecule has 0 heterocycles. The van der Waals surface area contributed by atoms with Crippen LogP contribution in [0.3, 0.4) is 0 Å². The number of anilines is 1. The van der Waals surface area contributed by atoms with Gasteiger partial charge in [-0.3, -0.25) is 9.10 Å². The quantitative estimate of drug-likeness (QED) is 0.552. The van der Waals surface area contributed by atoms with Crippen molar-refractivity contribution in [3.63, 3.8) is 0 Å². The fourth-order valence-electron chi connectivity index (χ4n) is 3.43. The van der Waals surface area contributed by atoms with Crippen LogP contribution in [0.4, 0.5) is 5.69 Å². The minimum atomic E-state index is -3.69. The monoisotopic (exact) mass is 448 g/mol. The zero-order chi connectivity index (χ0) is 20.7. The van der Waals surface area contributed by atoms with E-state index in [0.29, 0.717) is 29.7 Å². The van der Waals surface area contributed by atoms with Crippen LogP contribution >= 0.6 is 23.4 Å². The van der Waals surface area contributed by atoms with Gasteiger partial charge in [0.2, 0.25) is 15.9 Å². The number of nitrogens with one attached hydrogen (secondary N) is 1. The normalized spacial score (nSPS) is 16.0. The number of ether oxygens (including phenoxy) is 1. The highest BCUT2D eigenvalue weighted by atomic mass is 35.5. The molecule has 1 N–H and O–H groups in total. The van der Waals surface area contributed by atoms with E-state index in [0.717, 1.165) is 16.3 Å². The Bertz CT molecular complexity index is 767. The van der Waals surface area contributed by atoms with Gasteiger partial charge in [0.15, 0.2) is 0 Å². The summed E-state index contributed by atoms with van der Waals surface area (Å²) in [5.74, 6) is 0.979. The van der Waals surface area contributed by atoms with E-state index in [1.165, 1.54) is 38.9 Å². The minimum absolute atomic E-state index is 0.289. The standard InChI is InChI=1S/C19H29ClN2O4S2/c1-4-17(19(23)21-11-12-27-15-7-5-6-8-15)22(28(3,24)25)14-9-10-18(26-2)16(20)13-14/h9-10,13,15,17H,4-8,11-12H2,1-3H3,(H,21,23)/t17-/m1/s1. The minimum Gasteiger partial charge on any atom is -0.495 e. The number of rotatable bonds is 10. The molecule has 158 valence electrons. The molecule has 1 atom stereocenters. The molecule has 0 radical (unpaired) electrons. The summed E-state index contributed by atoms with van der Waals surface area (Å²) in [5.41, 5.74) is 0.343. The van der Waals surface area contributed by atoms with E-state index < -0.39 is 16.1 Å². The zero-order valence-corrected chi connectivity index (χ0v) is 19.0.